The van der Waals surface area contributed by atoms with E-state index in [2.05, 4.69) is 14.9 Å². The zero-order valence-electron chi connectivity index (χ0n) is 9.60. The van der Waals surface area contributed by atoms with Crippen LogP contribution in [-0.4, -0.2) is 49.6 Å². The lowest BCUT2D eigenvalue weighted by molar-refractivity contribution is -0.128. The highest BCUT2D eigenvalue weighted by Crippen LogP contribution is 2.12. The lowest BCUT2D eigenvalue weighted by Gasteiger charge is -2.14. The van der Waals surface area contributed by atoms with Crippen molar-refractivity contribution in [3.05, 3.63) is 6.20 Å². The van der Waals surface area contributed by atoms with E-state index in [1.54, 1.807) is 14.0 Å². The second kappa shape index (κ2) is 5.15. The minimum Gasteiger partial charge on any atom is -0.383 e. The highest BCUT2D eigenvalue weighted by molar-refractivity contribution is 7.89. The van der Waals surface area contributed by atoms with Crippen molar-refractivity contribution in [1.82, 2.24) is 19.8 Å². The van der Waals surface area contributed by atoms with Crippen molar-refractivity contribution in [2.75, 3.05) is 25.9 Å². The summed E-state index contributed by atoms with van der Waals surface area (Å²) in [5.41, 5.74) is 5.39. The number of H-pyrrole nitrogens is 1. The molecule has 1 rings (SSSR count). The van der Waals surface area contributed by atoms with Gasteiger partial charge in [-0.25, -0.2) is 13.1 Å². The van der Waals surface area contributed by atoms with E-state index in [-0.39, 0.29) is 23.2 Å². The molecule has 0 unspecified atom stereocenters. The van der Waals surface area contributed by atoms with Gasteiger partial charge in [-0.15, -0.1) is 0 Å². The van der Waals surface area contributed by atoms with Crippen LogP contribution in [0.5, 0.6) is 0 Å². The van der Waals surface area contributed by atoms with Crippen LogP contribution in [-0.2, 0) is 14.8 Å². The number of hydrogen-bond acceptors (Lipinski definition) is 5. The Kier molecular flexibility index (Phi) is 4.07. The summed E-state index contributed by atoms with van der Waals surface area (Å²) in [4.78, 5) is 12.7. The Hall–Kier alpha value is -1.61. The number of nitrogens with two attached hydrogens (primary N) is 1. The molecule has 0 aliphatic rings. The maximum Gasteiger partial charge on any atom is 0.246 e. The van der Waals surface area contributed by atoms with Gasteiger partial charge < -0.3 is 10.6 Å². The number of aromatic nitrogens is 2. The van der Waals surface area contributed by atoms with E-state index in [9.17, 15) is 13.2 Å². The first kappa shape index (κ1) is 13.5. The van der Waals surface area contributed by atoms with Crippen LogP contribution in [0.3, 0.4) is 0 Å². The van der Waals surface area contributed by atoms with Gasteiger partial charge in [-0.3, -0.25) is 9.89 Å². The number of rotatable bonds is 5. The predicted molar refractivity (Wildman–Crippen MR) is 61.5 cm³/mol. The molecule has 0 bridgehead atoms. The molecule has 8 nitrogen and oxygen atoms in total. The van der Waals surface area contributed by atoms with E-state index in [0.29, 0.717) is 6.54 Å². The summed E-state index contributed by atoms with van der Waals surface area (Å²) < 4.78 is 25.6. The van der Waals surface area contributed by atoms with Crippen LogP contribution in [0.2, 0.25) is 0 Å². The summed E-state index contributed by atoms with van der Waals surface area (Å²) in [6.45, 7) is 1.99. The number of aromatic amines is 1. The molecule has 0 saturated heterocycles. The van der Waals surface area contributed by atoms with Gasteiger partial charge in [-0.1, -0.05) is 0 Å². The largest absolute Gasteiger partial charge is 0.383 e. The second-order valence-electron chi connectivity index (χ2n) is 3.38. The van der Waals surface area contributed by atoms with E-state index < -0.39 is 10.0 Å². The number of nitrogens with one attached hydrogen (secondary N) is 2. The Bertz CT molecular complexity index is 495. The van der Waals surface area contributed by atoms with Gasteiger partial charge in [0.15, 0.2) is 0 Å². The molecule has 0 aliphatic carbocycles. The molecule has 0 aromatic carbocycles. The molecule has 0 radical (unpaired) electrons. The van der Waals surface area contributed by atoms with Crippen LogP contribution in [0.4, 0.5) is 5.82 Å². The van der Waals surface area contributed by atoms with E-state index in [0.717, 1.165) is 6.20 Å². The van der Waals surface area contributed by atoms with Crippen molar-refractivity contribution in [2.24, 2.45) is 0 Å². The molecular weight excluding hydrogens is 246 g/mol. The Morgan fingerprint density at radius 2 is 2.29 bits per heavy atom. The molecule has 1 aromatic rings. The van der Waals surface area contributed by atoms with Crippen molar-refractivity contribution >= 4 is 21.7 Å². The maximum absolute atomic E-state index is 11.7. The topological polar surface area (TPSA) is 121 Å². The van der Waals surface area contributed by atoms with E-state index >= 15 is 0 Å². The summed E-state index contributed by atoms with van der Waals surface area (Å²) >= 11 is 0. The van der Waals surface area contributed by atoms with E-state index in [4.69, 9.17) is 5.73 Å². The van der Waals surface area contributed by atoms with Crippen LogP contribution in [0.25, 0.3) is 0 Å². The first-order valence-electron chi connectivity index (χ1n) is 4.91. The number of nitrogen functional groups attached to an aromatic ring is 1. The van der Waals surface area contributed by atoms with Gasteiger partial charge in [-0.2, -0.15) is 5.10 Å². The van der Waals surface area contributed by atoms with Crippen LogP contribution in [0.15, 0.2) is 11.1 Å². The zero-order valence-corrected chi connectivity index (χ0v) is 10.4. The molecule has 9 heteroatoms. The second-order valence-corrected chi connectivity index (χ2v) is 5.12. The first-order valence-corrected chi connectivity index (χ1v) is 6.39. The monoisotopic (exact) mass is 261 g/mol. The molecule has 96 valence electrons. The molecule has 1 amide bonds. The number of nitrogens with zero attached hydrogens (tertiary/aromatic N) is 2. The van der Waals surface area contributed by atoms with Gasteiger partial charge in [0.1, 0.15) is 10.7 Å². The van der Waals surface area contributed by atoms with Crippen molar-refractivity contribution < 1.29 is 13.2 Å². The van der Waals surface area contributed by atoms with Gasteiger partial charge in [0.05, 0.1) is 12.7 Å². The van der Waals surface area contributed by atoms with Crippen molar-refractivity contribution in [1.29, 1.82) is 0 Å². The third-order valence-corrected chi connectivity index (χ3v) is 3.66. The van der Waals surface area contributed by atoms with Crippen LogP contribution in [0.1, 0.15) is 6.92 Å². The molecule has 0 atom stereocenters. The lowest BCUT2D eigenvalue weighted by Crippen LogP contribution is -2.38. The summed E-state index contributed by atoms with van der Waals surface area (Å²) in [5, 5.41) is 5.81. The highest BCUT2D eigenvalue weighted by Gasteiger charge is 2.20. The third kappa shape index (κ3) is 3.17. The fourth-order valence-electron chi connectivity index (χ4n) is 1.05. The number of carbonyl (C=O) groups excluding carboxylic acids is 1. The van der Waals surface area contributed by atoms with Crippen molar-refractivity contribution in [3.8, 4) is 0 Å². The van der Waals surface area contributed by atoms with Gasteiger partial charge in [-0.05, 0) is 6.92 Å². The number of hydrogen-bond donors (Lipinski definition) is 3. The van der Waals surface area contributed by atoms with Gasteiger partial charge in [0.2, 0.25) is 15.9 Å². The fraction of sp³-hybridized carbons (Fsp3) is 0.500. The molecule has 0 spiro atoms. The number of likely N-dealkylation sites (N-methyl/N-ethyl adjacent to an activating group) is 1. The van der Waals surface area contributed by atoms with E-state index in [1.807, 2.05) is 0 Å². The number of sulfonamides is 1. The number of anilines is 1. The van der Waals surface area contributed by atoms with Gasteiger partial charge in [0, 0.05) is 13.6 Å². The molecule has 17 heavy (non-hydrogen) atoms. The summed E-state index contributed by atoms with van der Waals surface area (Å²) in [5.74, 6) is -0.382. The standard InChI is InChI=1S/C8H15N5O3S/c1-3-13(2)7(14)5-11-17(15,16)6-4-10-12-8(6)9/h4,11H,3,5H2,1-2H3,(H3,9,10,12). The molecular formula is C8H15N5O3S. The molecule has 0 aliphatic heterocycles. The Morgan fingerprint density at radius 1 is 1.65 bits per heavy atom. The minimum atomic E-state index is -3.80. The third-order valence-electron chi connectivity index (χ3n) is 2.24. The molecule has 4 N–H and O–H groups in total. The Labute approximate surface area is 99.2 Å². The van der Waals surface area contributed by atoms with Crippen LogP contribution >= 0.6 is 0 Å². The van der Waals surface area contributed by atoms with Crippen molar-refractivity contribution in [3.63, 3.8) is 0 Å². The smallest absolute Gasteiger partial charge is 0.246 e. The van der Waals surface area contributed by atoms with Crippen molar-refractivity contribution in [2.45, 2.75) is 11.8 Å². The summed E-state index contributed by atoms with van der Waals surface area (Å²) in [6, 6.07) is 0. The number of carbonyl (C=O) groups is 1. The lowest BCUT2D eigenvalue weighted by atomic mass is 10.5. The molecule has 0 saturated carbocycles. The van der Waals surface area contributed by atoms with Crippen LogP contribution < -0.4 is 10.5 Å². The fourth-order valence-corrected chi connectivity index (χ4v) is 2.04. The SMILES string of the molecule is CCN(C)C(=O)CNS(=O)(=O)c1cn[nH]c1N. The average molecular weight is 261 g/mol. The Balaban J connectivity index is 2.70. The number of amides is 1. The van der Waals surface area contributed by atoms with Gasteiger partial charge >= 0.3 is 0 Å². The first-order chi connectivity index (χ1) is 7.88. The Morgan fingerprint density at radius 3 is 2.76 bits per heavy atom. The van der Waals surface area contributed by atoms with E-state index in [1.165, 1.54) is 4.90 Å². The molecule has 1 heterocycles. The quantitative estimate of drug-likeness (QED) is 0.611. The van der Waals surface area contributed by atoms with Gasteiger partial charge in [0.25, 0.3) is 0 Å². The average Bonchev–Trinajstić information content (AvgIpc) is 2.72. The maximum atomic E-state index is 11.7. The minimum absolute atomic E-state index is 0.0613. The summed E-state index contributed by atoms with van der Waals surface area (Å²) in [6.07, 6.45) is 1.09. The molecule has 1 aromatic heterocycles. The van der Waals surface area contributed by atoms with Crippen LogP contribution in [0, 0.1) is 0 Å². The normalized spacial score (nSPS) is 11.4. The predicted octanol–water partition coefficient (Wildman–Crippen LogP) is -1.25. The molecule has 0 fully saturated rings. The highest BCUT2D eigenvalue weighted by atomic mass is 32.2. The zero-order chi connectivity index (χ0) is 13.1. The summed E-state index contributed by atoms with van der Waals surface area (Å²) in [7, 11) is -2.21.